The molecule has 0 radical (unpaired) electrons. The summed E-state index contributed by atoms with van der Waals surface area (Å²) in [6, 6.07) is 9.30. The molecule has 0 bridgehead atoms. The molecule has 0 fully saturated rings. The lowest BCUT2D eigenvalue weighted by atomic mass is 10.0. The lowest BCUT2D eigenvalue weighted by Crippen LogP contribution is -2.28. The molecule has 0 spiro atoms. The van der Waals surface area contributed by atoms with Gasteiger partial charge in [0.2, 0.25) is 10.0 Å². The molecule has 0 aliphatic carbocycles. The summed E-state index contributed by atoms with van der Waals surface area (Å²) in [6.45, 7) is 7.93. The number of imidazole rings is 1. The van der Waals surface area contributed by atoms with Gasteiger partial charge in [-0.3, -0.25) is 0 Å². The monoisotopic (exact) mass is 453 g/mol. The number of benzene rings is 2. The molecule has 0 amide bonds. The number of halogens is 3. The van der Waals surface area contributed by atoms with Gasteiger partial charge >= 0.3 is 6.18 Å². The minimum atomic E-state index is -4.47. The molecule has 31 heavy (non-hydrogen) atoms. The molecular weight excluding hydrogens is 427 g/mol. The Bertz CT molecular complexity index is 1170. The van der Waals surface area contributed by atoms with Gasteiger partial charge in [0.05, 0.1) is 27.5 Å². The smallest absolute Gasteiger partial charge is 0.327 e. The Balaban J connectivity index is 1.90. The average Bonchev–Trinajstić information content (AvgIpc) is 3.05. The molecule has 9 heteroatoms. The summed E-state index contributed by atoms with van der Waals surface area (Å²) >= 11 is 0. The molecule has 3 rings (SSSR count). The molecule has 168 valence electrons. The third-order valence-corrected chi connectivity index (χ3v) is 6.57. The first-order valence-corrected chi connectivity index (χ1v) is 11.6. The number of aryl methyl sites for hydroxylation is 1. The third kappa shape index (κ3) is 5.10. The number of alkyl halides is 3. The van der Waals surface area contributed by atoms with Crippen molar-refractivity contribution in [3.8, 4) is 0 Å². The van der Waals surface area contributed by atoms with Crippen molar-refractivity contribution < 1.29 is 21.6 Å². The van der Waals surface area contributed by atoms with Gasteiger partial charge < -0.3 is 4.57 Å². The molecule has 0 aliphatic heterocycles. The molecule has 1 aromatic heterocycles. The van der Waals surface area contributed by atoms with Crippen LogP contribution in [0.25, 0.3) is 11.0 Å². The lowest BCUT2D eigenvalue weighted by Gasteiger charge is -2.16. The molecule has 0 saturated carbocycles. The molecule has 0 aliphatic rings. The normalized spacial score (nSPS) is 13.8. The molecule has 1 heterocycles. The fraction of sp³-hybridized carbons (Fsp3) is 0.409. The SMILES string of the molecule is CCn1c(C(C)NS(=O)(=O)c2ccc(CC(C)C)cc2)nc2ccc(C(F)(F)F)cc21. The van der Waals surface area contributed by atoms with Crippen LogP contribution in [0.2, 0.25) is 0 Å². The zero-order valence-corrected chi connectivity index (χ0v) is 18.7. The molecule has 1 unspecified atom stereocenters. The van der Waals surface area contributed by atoms with E-state index in [-0.39, 0.29) is 4.90 Å². The van der Waals surface area contributed by atoms with E-state index in [9.17, 15) is 21.6 Å². The van der Waals surface area contributed by atoms with E-state index >= 15 is 0 Å². The Morgan fingerprint density at radius 3 is 2.26 bits per heavy atom. The van der Waals surface area contributed by atoms with E-state index in [1.807, 2.05) is 0 Å². The van der Waals surface area contributed by atoms with Crippen molar-refractivity contribution in [2.45, 2.75) is 57.8 Å². The molecule has 0 saturated heterocycles. The number of fused-ring (bicyclic) bond motifs is 1. The second-order valence-electron chi connectivity index (χ2n) is 8.00. The first kappa shape index (κ1) is 23.3. The van der Waals surface area contributed by atoms with Crippen molar-refractivity contribution in [3.63, 3.8) is 0 Å². The number of hydrogen-bond acceptors (Lipinski definition) is 3. The highest BCUT2D eigenvalue weighted by Crippen LogP contribution is 2.32. The number of sulfonamides is 1. The number of nitrogens with zero attached hydrogens (tertiary/aromatic N) is 2. The summed E-state index contributed by atoms with van der Waals surface area (Å²) in [5.41, 5.74) is 0.983. The van der Waals surface area contributed by atoms with Gasteiger partial charge in [-0.2, -0.15) is 13.2 Å². The van der Waals surface area contributed by atoms with Gasteiger partial charge in [-0.05, 0) is 62.1 Å². The van der Waals surface area contributed by atoms with E-state index in [0.717, 1.165) is 24.1 Å². The fourth-order valence-corrected chi connectivity index (χ4v) is 4.81. The topological polar surface area (TPSA) is 64.0 Å². The van der Waals surface area contributed by atoms with E-state index in [4.69, 9.17) is 0 Å². The highest BCUT2D eigenvalue weighted by Gasteiger charge is 2.31. The van der Waals surface area contributed by atoms with Gasteiger partial charge in [0, 0.05) is 6.54 Å². The van der Waals surface area contributed by atoms with Gasteiger partial charge in [-0.1, -0.05) is 26.0 Å². The Morgan fingerprint density at radius 1 is 1.06 bits per heavy atom. The minimum absolute atomic E-state index is 0.130. The number of nitrogens with one attached hydrogen (secondary N) is 1. The van der Waals surface area contributed by atoms with Crippen molar-refractivity contribution in [2.24, 2.45) is 5.92 Å². The van der Waals surface area contributed by atoms with E-state index in [0.29, 0.717) is 29.3 Å². The van der Waals surface area contributed by atoms with Crippen molar-refractivity contribution in [3.05, 3.63) is 59.4 Å². The Labute approximate surface area is 180 Å². The quantitative estimate of drug-likeness (QED) is 0.527. The van der Waals surface area contributed by atoms with Crippen molar-refractivity contribution in [2.75, 3.05) is 0 Å². The molecule has 3 aromatic rings. The van der Waals surface area contributed by atoms with Crippen LogP contribution in [0, 0.1) is 5.92 Å². The Hall–Kier alpha value is -2.39. The number of aromatic nitrogens is 2. The summed E-state index contributed by atoms with van der Waals surface area (Å²) in [5, 5.41) is 0. The van der Waals surface area contributed by atoms with Gasteiger partial charge in [-0.25, -0.2) is 18.1 Å². The number of hydrogen-bond donors (Lipinski definition) is 1. The summed E-state index contributed by atoms with van der Waals surface area (Å²) in [5.74, 6) is 0.817. The van der Waals surface area contributed by atoms with Crippen LogP contribution < -0.4 is 4.72 Å². The van der Waals surface area contributed by atoms with E-state index in [1.165, 1.54) is 6.07 Å². The molecule has 5 nitrogen and oxygen atoms in total. The summed E-state index contributed by atoms with van der Waals surface area (Å²) in [4.78, 5) is 4.53. The van der Waals surface area contributed by atoms with Gasteiger partial charge in [0.15, 0.2) is 0 Å². The maximum atomic E-state index is 13.1. The average molecular weight is 454 g/mol. The first-order valence-electron chi connectivity index (χ1n) is 10.1. The zero-order valence-electron chi connectivity index (χ0n) is 17.9. The van der Waals surface area contributed by atoms with Crippen molar-refractivity contribution >= 4 is 21.1 Å². The predicted octanol–water partition coefficient (Wildman–Crippen LogP) is 5.31. The third-order valence-electron chi connectivity index (χ3n) is 5.02. The second-order valence-corrected chi connectivity index (χ2v) is 9.71. The first-order chi connectivity index (χ1) is 14.4. The summed E-state index contributed by atoms with van der Waals surface area (Å²) in [6.07, 6.45) is -3.61. The standard InChI is InChI=1S/C22H26F3N3O2S/c1-5-28-20-13-17(22(23,24)25)8-11-19(20)26-21(28)15(4)27-31(29,30)18-9-6-16(7-10-18)12-14(2)3/h6-11,13-15,27H,5,12H2,1-4H3. The largest absolute Gasteiger partial charge is 0.416 e. The number of rotatable bonds is 7. The predicted molar refractivity (Wildman–Crippen MR) is 114 cm³/mol. The van der Waals surface area contributed by atoms with Crippen LogP contribution in [0.3, 0.4) is 0 Å². The van der Waals surface area contributed by atoms with Crippen LogP contribution in [-0.2, 0) is 29.2 Å². The summed E-state index contributed by atoms with van der Waals surface area (Å²) < 4.78 is 69.2. The van der Waals surface area contributed by atoms with Crippen LogP contribution in [-0.4, -0.2) is 18.0 Å². The summed E-state index contributed by atoms with van der Waals surface area (Å²) in [7, 11) is -3.83. The molecule has 1 atom stereocenters. The van der Waals surface area contributed by atoms with Gasteiger partial charge in [0.25, 0.3) is 0 Å². The van der Waals surface area contributed by atoms with E-state index in [2.05, 4.69) is 23.6 Å². The van der Waals surface area contributed by atoms with Crippen LogP contribution in [0.4, 0.5) is 13.2 Å². The Kier molecular flexibility index (Phi) is 6.48. The fourth-order valence-electron chi connectivity index (χ4n) is 3.61. The highest BCUT2D eigenvalue weighted by molar-refractivity contribution is 7.89. The van der Waals surface area contributed by atoms with Crippen LogP contribution in [0.15, 0.2) is 47.4 Å². The minimum Gasteiger partial charge on any atom is -0.327 e. The van der Waals surface area contributed by atoms with Crippen LogP contribution in [0.5, 0.6) is 0 Å². The maximum Gasteiger partial charge on any atom is 0.416 e. The zero-order chi connectivity index (χ0) is 23.0. The second kappa shape index (κ2) is 8.63. The Morgan fingerprint density at radius 2 is 1.71 bits per heavy atom. The van der Waals surface area contributed by atoms with E-state index < -0.39 is 27.8 Å². The van der Waals surface area contributed by atoms with Crippen LogP contribution >= 0.6 is 0 Å². The molecule has 2 aromatic carbocycles. The van der Waals surface area contributed by atoms with Gasteiger partial charge in [-0.15, -0.1) is 0 Å². The molecule has 1 N–H and O–H groups in total. The van der Waals surface area contributed by atoms with E-state index in [1.54, 1.807) is 42.7 Å². The molecular formula is C22H26F3N3O2S. The van der Waals surface area contributed by atoms with Gasteiger partial charge in [0.1, 0.15) is 5.82 Å². The lowest BCUT2D eigenvalue weighted by molar-refractivity contribution is -0.137. The van der Waals surface area contributed by atoms with Crippen molar-refractivity contribution in [1.82, 2.24) is 14.3 Å². The van der Waals surface area contributed by atoms with Crippen molar-refractivity contribution in [1.29, 1.82) is 0 Å². The maximum absolute atomic E-state index is 13.1. The highest BCUT2D eigenvalue weighted by atomic mass is 32.2. The van der Waals surface area contributed by atoms with Crippen LogP contribution in [0.1, 0.15) is 50.7 Å².